The molecule has 108 valence electrons. The van der Waals surface area contributed by atoms with Gasteiger partial charge in [0.05, 0.1) is 6.54 Å². The van der Waals surface area contributed by atoms with Gasteiger partial charge in [0.1, 0.15) is 11.3 Å². The average molecular weight is 271 g/mol. The average Bonchev–Trinajstić information content (AvgIpc) is 2.88. The van der Waals surface area contributed by atoms with Crippen molar-refractivity contribution in [3.05, 3.63) is 36.1 Å². The maximum absolute atomic E-state index is 5.89. The minimum absolute atomic E-state index is 0.650. The van der Waals surface area contributed by atoms with Crippen LogP contribution in [0.2, 0.25) is 0 Å². The summed E-state index contributed by atoms with van der Waals surface area (Å²) in [5.74, 6) is 2.64. The van der Waals surface area contributed by atoms with Crippen LogP contribution in [0.1, 0.15) is 45.3 Å². The van der Waals surface area contributed by atoms with Crippen LogP contribution < -0.4 is 5.32 Å². The first-order chi connectivity index (χ1) is 9.74. The van der Waals surface area contributed by atoms with Crippen molar-refractivity contribution in [1.29, 1.82) is 0 Å². The summed E-state index contributed by atoms with van der Waals surface area (Å²) in [7, 11) is 0. The Morgan fingerprint density at radius 2 is 2.00 bits per heavy atom. The monoisotopic (exact) mass is 271 g/mol. The van der Waals surface area contributed by atoms with E-state index in [1.54, 1.807) is 0 Å². The van der Waals surface area contributed by atoms with E-state index in [-0.39, 0.29) is 0 Å². The highest BCUT2D eigenvalue weighted by atomic mass is 16.3. The molecular formula is C18H25NO. The Hall–Kier alpha value is -1.28. The van der Waals surface area contributed by atoms with Gasteiger partial charge in [-0.25, -0.2) is 0 Å². The lowest BCUT2D eigenvalue weighted by Gasteiger charge is -2.34. The standard InChI is InChI=1S/C18H25NO/c1-13(2)16-8-4-5-9-17(16)19-12-15-11-14-7-3-6-10-18(14)20-15/h3,6-7,10-11,13,16-17,19H,4-5,8-9,12H2,1-2H3. The van der Waals surface area contributed by atoms with E-state index in [1.807, 2.05) is 12.1 Å². The van der Waals surface area contributed by atoms with Gasteiger partial charge in [-0.15, -0.1) is 0 Å². The van der Waals surface area contributed by atoms with E-state index >= 15 is 0 Å². The molecule has 2 unspecified atom stereocenters. The van der Waals surface area contributed by atoms with Crippen molar-refractivity contribution >= 4 is 11.0 Å². The first-order valence-electron chi connectivity index (χ1n) is 7.95. The molecular weight excluding hydrogens is 246 g/mol. The van der Waals surface area contributed by atoms with Gasteiger partial charge >= 0.3 is 0 Å². The fourth-order valence-electron chi connectivity index (χ4n) is 3.57. The van der Waals surface area contributed by atoms with Crippen molar-refractivity contribution in [2.45, 2.75) is 52.1 Å². The number of rotatable bonds is 4. The highest BCUT2D eigenvalue weighted by Crippen LogP contribution is 2.30. The molecule has 1 aliphatic carbocycles. The first kappa shape index (κ1) is 13.7. The Bertz CT molecular complexity index is 524. The van der Waals surface area contributed by atoms with Crippen molar-refractivity contribution < 1.29 is 4.42 Å². The lowest BCUT2D eigenvalue weighted by molar-refractivity contribution is 0.202. The van der Waals surface area contributed by atoms with Crippen LogP contribution in [0.4, 0.5) is 0 Å². The Balaban J connectivity index is 1.65. The molecule has 2 nitrogen and oxygen atoms in total. The SMILES string of the molecule is CC(C)C1CCCCC1NCc1cc2ccccc2o1. The summed E-state index contributed by atoms with van der Waals surface area (Å²) in [5, 5.41) is 4.94. The lowest BCUT2D eigenvalue weighted by Crippen LogP contribution is -2.40. The van der Waals surface area contributed by atoms with Gasteiger partial charge in [-0.2, -0.15) is 0 Å². The molecule has 1 heterocycles. The molecule has 0 saturated heterocycles. The molecule has 2 aromatic rings. The summed E-state index contributed by atoms with van der Waals surface area (Å²) in [6, 6.07) is 11.0. The third-order valence-electron chi connectivity index (χ3n) is 4.69. The van der Waals surface area contributed by atoms with Gasteiger partial charge in [0.15, 0.2) is 0 Å². The van der Waals surface area contributed by atoms with E-state index in [0.717, 1.165) is 29.7 Å². The highest BCUT2D eigenvalue weighted by Gasteiger charge is 2.27. The van der Waals surface area contributed by atoms with E-state index in [2.05, 4.69) is 37.4 Å². The smallest absolute Gasteiger partial charge is 0.134 e. The third-order valence-corrected chi connectivity index (χ3v) is 4.69. The summed E-state index contributed by atoms with van der Waals surface area (Å²) in [5.41, 5.74) is 0.994. The van der Waals surface area contributed by atoms with Crippen LogP contribution in [0.25, 0.3) is 11.0 Å². The van der Waals surface area contributed by atoms with Gasteiger partial charge in [0.25, 0.3) is 0 Å². The molecule has 1 aromatic heterocycles. The van der Waals surface area contributed by atoms with E-state index < -0.39 is 0 Å². The van der Waals surface area contributed by atoms with Crippen molar-refractivity contribution in [1.82, 2.24) is 5.32 Å². The highest BCUT2D eigenvalue weighted by molar-refractivity contribution is 5.77. The quantitative estimate of drug-likeness (QED) is 0.869. The number of furan rings is 1. The molecule has 1 fully saturated rings. The lowest BCUT2D eigenvalue weighted by atomic mass is 9.78. The van der Waals surface area contributed by atoms with Crippen molar-refractivity contribution in [2.24, 2.45) is 11.8 Å². The Morgan fingerprint density at radius 3 is 2.80 bits per heavy atom. The normalized spacial score (nSPS) is 23.6. The zero-order valence-corrected chi connectivity index (χ0v) is 12.6. The number of fused-ring (bicyclic) bond motifs is 1. The van der Waals surface area contributed by atoms with Crippen LogP contribution in [0, 0.1) is 11.8 Å². The Labute approximate surface area is 121 Å². The van der Waals surface area contributed by atoms with Crippen LogP contribution in [0.15, 0.2) is 34.7 Å². The number of nitrogens with one attached hydrogen (secondary N) is 1. The predicted molar refractivity (Wildman–Crippen MR) is 83.6 cm³/mol. The maximum atomic E-state index is 5.89. The largest absolute Gasteiger partial charge is 0.460 e. The molecule has 1 aliphatic rings. The fourth-order valence-corrected chi connectivity index (χ4v) is 3.57. The summed E-state index contributed by atoms with van der Waals surface area (Å²) < 4.78 is 5.89. The zero-order chi connectivity index (χ0) is 13.9. The van der Waals surface area contributed by atoms with Gasteiger partial charge < -0.3 is 9.73 Å². The molecule has 20 heavy (non-hydrogen) atoms. The van der Waals surface area contributed by atoms with Crippen LogP contribution in [0.5, 0.6) is 0 Å². The Kier molecular flexibility index (Phi) is 4.11. The minimum atomic E-state index is 0.650. The van der Waals surface area contributed by atoms with Crippen LogP contribution >= 0.6 is 0 Å². The number of hydrogen-bond donors (Lipinski definition) is 1. The second-order valence-electron chi connectivity index (χ2n) is 6.43. The van der Waals surface area contributed by atoms with Crippen molar-refractivity contribution in [3.8, 4) is 0 Å². The molecule has 2 atom stereocenters. The zero-order valence-electron chi connectivity index (χ0n) is 12.6. The third kappa shape index (κ3) is 2.90. The van der Waals surface area contributed by atoms with E-state index in [1.165, 1.54) is 31.1 Å². The molecule has 1 saturated carbocycles. The molecule has 3 rings (SSSR count). The van der Waals surface area contributed by atoms with Gasteiger partial charge in [0, 0.05) is 11.4 Å². The summed E-state index contributed by atoms with van der Waals surface area (Å²) >= 11 is 0. The fraction of sp³-hybridized carbons (Fsp3) is 0.556. The maximum Gasteiger partial charge on any atom is 0.134 e. The summed E-state index contributed by atoms with van der Waals surface area (Å²) in [6.07, 6.45) is 5.44. The van der Waals surface area contributed by atoms with E-state index in [9.17, 15) is 0 Å². The second-order valence-corrected chi connectivity index (χ2v) is 6.43. The molecule has 0 spiro atoms. The van der Waals surface area contributed by atoms with Gasteiger partial charge in [-0.05, 0) is 36.8 Å². The molecule has 0 aliphatic heterocycles. The molecule has 1 N–H and O–H groups in total. The molecule has 0 bridgehead atoms. The van der Waals surface area contributed by atoms with Crippen LogP contribution in [0.3, 0.4) is 0 Å². The van der Waals surface area contributed by atoms with E-state index in [4.69, 9.17) is 4.42 Å². The summed E-state index contributed by atoms with van der Waals surface area (Å²) in [6.45, 7) is 5.56. The first-order valence-corrected chi connectivity index (χ1v) is 7.95. The molecule has 2 heteroatoms. The molecule has 1 aromatic carbocycles. The van der Waals surface area contributed by atoms with Crippen molar-refractivity contribution in [3.63, 3.8) is 0 Å². The number of benzene rings is 1. The summed E-state index contributed by atoms with van der Waals surface area (Å²) in [4.78, 5) is 0. The van der Waals surface area contributed by atoms with Crippen LogP contribution in [-0.2, 0) is 6.54 Å². The molecule has 0 amide bonds. The topological polar surface area (TPSA) is 25.2 Å². The minimum Gasteiger partial charge on any atom is -0.460 e. The molecule has 0 radical (unpaired) electrons. The predicted octanol–water partition coefficient (Wildman–Crippen LogP) is 4.74. The Morgan fingerprint density at radius 1 is 1.20 bits per heavy atom. The van der Waals surface area contributed by atoms with Gasteiger partial charge in [-0.1, -0.05) is 44.9 Å². The van der Waals surface area contributed by atoms with Gasteiger partial charge in [0.2, 0.25) is 0 Å². The number of hydrogen-bond acceptors (Lipinski definition) is 2. The number of para-hydroxylation sites is 1. The second kappa shape index (κ2) is 6.01. The van der Waals surface area contributed by atoms with Gasteiger partial charge in [-0.3, -0.25) is 0 Å². The van der Waals surface area contributed by atoms with E-state index in [0.29, 0.717) is 6.04 Å². The van der Waals surface area contributed by atoms with Crippen LogP contribution in [-0.4, -0.2) is 6.04 Å². The van der Waals surface area contributed by atoms with Crippen molar-refractivity contribution in [2.75, 3.05) is 0 Å².